The maximum atomic E-state index is 11.1. The summed E-state index contributed by atoms with van der Waals surface area (Å²) in [6, 6.07) is 9.95. The Bertz CT molecular complexity index is 422. The minimum Gasteiger partial charge on any atom is -0.375 e. The van der Waals surface area contributed by atoms with Crippen LogP contribution in [0.2, 0.25) is 0 Å². The highest BCUT2D eigenvalue weighted by Gasteiger charge is 2.06. The number of hydrogen-bond donors (Lipinski definition) is 1. The summed E-state index contributed by atoms with van der Waals surface area (Å²) in [5.74, 6) is 0. The predicted molar refractivity (Wildman–Crippen MR) is 72.0 cm³/mol. The maximum Gasteiger partial charge on any atom is 0.225 e. The Morgan fingerprint density at radius 2 is 1.94 bits per heavy atom. The van der Waals surface area contributed by atoms with E-state index in [-0.39, 0.29) is 5.21 Å². The Kier molecular flexibility index (Phi) is 5.74. The van der Waals surface area contributed by atoms with Crippen LogP contribution >= 0.6 is 11.6 Å². The van der Waals surface area contributed by atoms with Crippen LogP contribution in [0, 0.1) is 0 Å². The van der Waals surface area contributed by atoms with E-state index in [1.54, 1.807) is 0 Å². The van der Waals surface area contributed by atoms with Gasteiger partial charge in [0.25, 0.3) is 0 Å². The Hall–Kier alpha value is -0.780. The molecule has 0 fully saturated rings. The smallest absolute Gasteiger partial charge is 0.225 e. The summed E-state index contributed by atoms with van der Waals surface area (Å²) in [5.41, 5.74) is 1.12. The van der Waals surface area contributed by atoms with Crippen LogP contribution in [0.25, 0.3) is 0 Å². The molecule has 4 nitrogen and oxygen atoms in total. The quantitative estimate of drug-likeness (QED) is 0.608. The van der Waals surface area contributed by atoms with Crippen molar-refractivity contribution in [3.63, 3.8) is 0 Å². The number of rotatable bonds is 7. The second kappa shape index (κ2) is 6.83. The second-order valence-corrected chi connectivity index (χ2v) is 6.12. The summed E-state index contributed by atoms with van der Waals surface area (Å²) < 4.78 is 24.5. The van der Waals surface area contributed by atoms with Crippen LogP contribution in [0.5, 0.6) is 0 Å². The molecule has 0 bridgehead atoms. The van der Waals surface area contributed by atoms with Crippen LogP contribution in [-0.4, -0.2) is 33.8 Å². The van der Waals surface area contributed by atoms with Gasteiger partial charge in [-0.25, -0.2) is 13.1 Å². The lowest BCUT2D eigenvalue weighted by Gasteiger charge is -2.19. The molecule has 0 saturated carbocycles. The van der Waals surface area contributed by atoms with Gasteiger partial charge in [0.2, 0.25) is 10.0 Å². The predicted octanol–water partition coefficient (Wildman–Crippen LogP) is 1.63. The number of nitrogens with zero attached hydrogens (tertiary/aromatic N) is 1. The molecule has 0 aliphatic carbocycles. The van der Waals surface area contributed by atoms with Gasteiger partial charge in [-0.15, -0.1) is 11.6 Å². The number of para-hydroxylation sites is 1. The lowest BCUT2D eigenvalue weighted by Crippen LogP contribution is -2.28. The van der Waals surface area contributed by atoms with Gasteiger partial charge < -0.3 is 4.90 Å². The molecule has 17 heavy (non-hydrogen) atoms. The first kappa shape index (κ1) is 14.3. The molecule has 0 radical (unpaired) electrons. The van der Waals surface area contributed by atoms with Crippen molar-refractivity contribution in [2.45, 2.75) is 6.42 Å². The fraction of sp³-hybridized carbons (Fsp3) is 0.455. The van der Waals surface area contributed by atoms with Crippen LogP contribution in [0.3, 0.4) is 0 Å². The van der Waals surface area contributed by atoms with E-state index in [1.807, 2.05) is 37.4 Å². The van der Waals surface area contributed by atoms with E-state index in [9.17, 15) is 8.42 Å². The van der Waals surface area contributed by atoms with Crippen molar-refractivity contribution in [2.24, 2.45) is 0 Å². The minimum atomic E-state index is -3.29. The summed E-state index contributed by atoms with van der Waals surface area (Å²) >= 11 is 5.27. The molecule has 96 valence electrons. The molecule has 0 saturated heterocycles. The summed E-state index contributed by atoms with van der Waals surface area (Å²) in [4.78, 5) is 2.08. The van der Waals surface area contributed by atoms with Crippen molar-refractivity contribution in [2.75, 3.05) is 30.2 Å². The van der Waals surface area contributed by atoms with Crippen molar-refractivity contribution in [1.29, 1.82) is 0 Å². The Morgan fingerprint density at radius 3 is 2.53 bits per heavy atom. The highest BCUT2D eigenvalue weighted by Crippen LogP contribution is 2.10. The maximum absolute atomic E-state index is 11.1. The summed E-state index contributed by atoms with van der Waals surface area (Å²) in [5, 5.41) is -0.387. The van der Waals surface area contributed by atoms with Gasteiger partial charge in [-0.05, 0) is 18.6 Å². The third-order valence-electron chi connectivity index (χ3n) is 2.33. The first-order valence-electron chi connectivity index (χ1n) is 5.34. The van der Waals surface area contributed by atoms with Gasteiger partial charge in [0, 0.05) is 25.8 Å². The van der Waals surface area contributed by atoms with E-state index in [0.29, 0.717) is 6.54 Å². The van der Waals surface area contributed by atoms with E-state index >= 15 is 0 Å². The van der Waals surface area contributed by atoms with Gasteiger partial charge in [0.1, 0.15) is 5.21 Å². The zero-order valence-electron chi connectivity index (χ0n) is 9.77. The largest absolute Gasteiger partial charge is 0.375 e. The Balaban J connectivity index is 2.28. The molecular weight excluding hydrogens is 260 g/mol. The topological polar surface area (TPSA) is 49.4 Å². The van der Waals surface area contributed by atoms with Crippen LogP contribution in [-0.2, 0) is 10.0 Å². The Morgan fingerprint density at radius 1 is 1.29 bits per heavy atom. The highest BCUT2D eigenvalue weighted by molar-refractivity contribution is 7.90. The van der Waals surface area contributed by atoms with Gasteiger partial charge in [-0.2, -0.15) is 0 Å². The number of halogens is 1. The molecule has 0 heterocycles. The van der Waals surface area contributed by atoms with Crippen molar-refractivity contribution in [1.82, 2.24) is 4.72 Å². The average Bonchev–Trinajstić information content (AvgIpc) is 2.35. The van der Waals surface area contributed by atoms with Crippen molar-refractivity contribution < 1.29 is 8.42 Å². The summed E-state index contributed by atoms with van der Waals surface area (Å²) in [7, 11) is -1.31. The van der Waals surface area contributed by atoms with Crippen molar-refractivity contribution in [3.8, 4) is 0 Å². The SMILES string of the molecule is CN(CCCNS(=O)(=O)CCl)c1ccccc1. The fourth-order valence-electron chi connectivity index (χ4n) is 1.39. The number of anilines is 1. The van der Waals surface area contributed by atoms with E-state index < -0.39 is 10.0 Å². The number of hydrogen-bond acceptors (Lipinski definition) is 3. The number of nitrogens with one attached hydrogen (secondary N) is 1. The van der Waals surface area contributed by atoms with Crippen molar-refractivity contribution >= 4 is 27.3 Å². The van der Waals surface area contributed by atoms with Gasteiger partial charge in [0.15, 0.2) is 0 Å². The lowest BCUT2D eigenvalue weighted by atomic mass is 10.3. The van der Waals surface area contributed by atoms with E-state index in [4.69, 9.17) is 11.6 Å². The third-order valence-corrected chi connectivity index (χ3v) is 4.13. The molecule has 1 rings (SSSR count). The number of sulfonamides is 1. The second-order valence-electron chi connectivity index (χ2n) is 3.73. The van der Waals surface area contributed by atoms with E-state index in [1.165, 1.54) is 0 Å². The molecule has 1 aromatic carbocycles. The minimum absolute atomic E-state index is 0.387. The zero-order chi connectivity index (χ0) is 12.7. The first-order valence-corrected chi connectivity index (χ1v) is 7.53. The average molecular weight is 277 g/mol. The normalized spacial score (nSPS) is 11.4. The first-order chi connectivity index (χ1) is 8.05. The van der Waals surface area contributed by atoms with Crippen LogP contribution in [0.1, 0.15) is 6.42 Å². The monoisotopic (exact) mass is 276 g/mol. The molecular formula is C11H17ClN2O2S. The van der Waals surface area contributed by atoms with Crippen LogP contribution in [0.4, 0.5) is 5.69 Å². The zero-order valence-corrected chi connectivity index (χ0v) is 11.3. The van der Waals surface area contributed by atoms with E-state index in [0.717, 1.165) is 18.7 Å². The summed E-state index contributed by atoms with van der Waals surface area (Å²) in [6.07, 6.45) is 0.738. The molecule has 0 unspecified atom stereocenters. The highest BCUT2D eigenvalue weighted by atomic mass is 35.5. The number of benzene rings is 1. The number of alkyl halides is 1. The molecule has 1 aromatic rings. The van der Waals surface area contributed by atoms with Crippen LogP contribution in [0.15, 0.2) is 30.3 Å². The molecule has 0 aliphatic rings. The molecule has 0 amide bonds. The lowest BCUT2D eigenvalue weighted by molar-refractivity contribution is 0.583. The standard InChI is InChI=1S/C11H17ClN2O2S/c1-14(11-6-3-2-4-7-11)9-5-8-13-17(15,16)10-12/h2-4,6-7,13H,5,8-10H2,1H3. The molecule has 0 spiro atoms. The molecule has 1 N–H and O–H groups in total. The van der Waals surface area contributed by atoms with E-state index in [2.05, 4.69) is 9.62 Å². The van der Waals surface area contributed by atoms with Gasteiger partial charge in [-0.1, -0.05) is 18.2 Å². The van der Waals surface area contributed by atoms with Crippen LogP contribution < -0.4 is 9.62 Å². The molecule has 0 aromatic heterocycles. The molecule has 0 atom stereocenters. The van der Waals surface area contributed by atoms with Gasteiger partial charge in [0.05, 0.1) is 0 Å². The van der Waals surface area contributed by atoms with Gasteiger partial charge >= 0.3 is 0 Å². The summed E-state index contributed by atoms with van der Waals surface area (Å²) in [6.45, 7) is 1.20. The third kappa shape index (κ3) is 5.39. The molecule has 6 heteroatoms. The molecule has 0 aliphatic heterocycles. The van der Waals surface area contributed by atoms with Crippen molar-refractivity contribution in [3.05, 3.63) is 30.3 Å². The Labute approximate surface area is 108 Å². The van der Waals surface area contributed by atoms with Gasteiger partial charge in [-0.3, -0.25) is 0 Å². The fourth-order valence-corrected chi connectivity index (χ4v) is 2.16.